The Morgan fingerprint density at radius 1 is 1.00 bits per heavy atom. The van der Waals surface area contributed by atoms with E-state index in [2.05, 4.69) is 40.3 Å². The maximum Gasteiger partial charge on any atom is 0.179 e. The van der Waals surface area contributed by atoms with E-state index < -0.39 is 0 Å². The molecule has 4 rings (SSSR count). The predicted octanol–water partition coefficient (Wildman–Crippen LogP) is 4.37. The molecule has 0 aliphatic heterocycles. The fourth-order valence-corrected chi connectivity index (χ4v) is 3.48. The van der Waals surface area contributed by atoms with Gasteiger partial charge in [-0.3, -0.25) is 9.78 Å². The number of aryl methyl sites for hydroxylation is 3. The van der Waals surface area contributed by atoms with Crippen LogP contribution >= 0.6 is 0 Å². The molecule has 1 aliphatic carbocycles. The lowest BCUT2D eigenvalue weighted by molar-refractivity contribution is 0.0968. The number of H-pyrrole nitrogens is 1. The molecule has 0 saturated heterocycles. The molecule has 0 atom stereocenters. The summed E-state index contributed by atoms with van der Waals surface area (Å²) in [6.07, 6.45) is 2.60. The number of fused-ring (bicyclic) bond motifs is 3. The van der Waals surface area contributed by atoms with E-state index in [0.29, 0.717) is 6.42 Å². The normalized spacial score (nSPS) is 14.4. The van der Waals surface area contributed by atoms with Crippen LogP contribution in [-0.4, -0.2) is 15.8 Å². The summed E-state index contributed by atoms with van der Waals surface area (Å²) < 4.78 is 0. The standard InChI is InChI=1S/C19H18N2O/c1-11-8-14(9-12(2)20-11)13-6-7-17-16(10-13)15-4-3-5-18(22)19(15)21-17/h6-10,21H,3-5H2,1-2H3. The number of hydrogen-bond donors (Lipinski definition) is 1. The zero-order valence-corrected chi connectivity index (χ0v) is 12.9. The minimum absolute atomic E-state index is 0.245. The zero-order valence-electron chi connectivity index (χ0n) is 12.9. The van der Waals surface area contributed by atoms with Crippen LogP contribution < -0.4 is 0 Å². The summed E-state index contributed by atoms with van der Waals surface area (Å²) in [6, 6.07) is 10.6. The summed E-state index contributed by atoms with van der Waals surface area (Å²) in [6.45, 7) is 4.04. The number of pyridine rings is 1. The maximum atomic E-state index is 12.1. The molecule has 0 bridgehead atoms. The molecule has 0 fully saturated rings. The summed E-state index contributed by atoms with van der Waals surface area (Å²) in [5, 5.41) is 1.19. The topological polar surface area (TPSA) is 45.8 Å². The van der Waals surface area contributed by atoms with Gasteiger partial charge in [-0.1, -0.05) is 6.07 Å². The zero-order chi connectivity index (χ0) is 15.3. The summed E-state index contributed by atoms with van der Waals surface area (Å²) in [5.41, 5.74) is 7.50. The summed E-state index contributed by atoms with van der Waals surface area (Å²) in [5.74, 6) is 0.245. The molecule has 3 heteroatoms. The number of aromatic nitrogens is 2. The van der Waals surface area contributed by atoms with Gasteiger partial charge in [0.25, 0.3) is 0 Å². The molecule has 0 radical (unpaired) electrons. The Hall–Kier alpha value is -2.42. The highest BCUT2D eigenvalue weighted by Gasteiger charge is 2.21. The third kappa shape index (κ3) is 2.05. The first-order valence-corrected chi connectivity index (χ1v) is 7.75. The third-order valence-electron chi connectivity index (χ3n) is 4.43. The fourth-order valence-electron chi connectivity index (χ4n) is 3.48. The van der Waals surface area contributed by atoms with Crippen molar-refractivity contribution in [3.8, 4) is 11.1 Å². The van der Waals surface area contributed by atoms with Crippen LogP contribution in [-0.2, 0) is 6.42 Å². The van der Waals surface area contributed by atoms with Crippen LogP contribution in [0.15, 0.2) is 30.3 Å². The van der Waals surface area contributed by atoms with Crippen molar-refractivity contribution < 1.29 is 4.79 Å². The Morgan fingerprint density at radius 2 is 1.77 bits per heavy atom. The highest BCUT2D eigenvalue weighted by atomic mass is 16.1. The van der Waals surface area contributed by atoms with Crippen LogP contribution in [0.2, 0.25) is 0 Å². The van der Waals surface area contributed by atoms with Crippen molar-refractivity contribution in [1.82, 2.24) is 9.97 Å². The number of Topliss-reactive ketones (excluding diaryl/α,β-unsaturated/α-hetero) is 1. The van der Waals surface area contributed by atoms with E-state index >= 15 is 0 Å². The predicted molar refractivity (Wildman–Crippen MR) is 88.3 cm³/mol. The van der Waals surface area contributed by atoms with Crippen LogP contribution in [0.3, 0.4) is 0 Å². The van der Waals surface area contributed by atoms with Crippen LogP contribution in [0.1, 0.15) is 40.3 Å². The first-order chi connectivity index (χ1) is 10.6. The number of nitrogens with zero attached hydrogens (tertiary/aromatic N) is 1. The molecule has 0 unspecified atom stereocenters. The molecule has 3 aromatic rings. The third-order valence-corrected chi connectivity index (χ3v) is 4.43. The lowest BCUT2D eigenvalue weighted by Gasteiger charge is -2.10. The van der Waals surface area contributed by atoms with Crippen molar-refractivity contribution >= 4 is 16.7 Å². The summed E-state index contributed by atoms with van der Waals surface area (Å²) in [7, 11) is 0. The van der Waals surface area contributed by atoms with E-state index in [0.717, 1.165) is 35.4 Å². The van der Waals surface area contributed by atoms with Gasteiger partial charge in [0.15, 0.2) is 5.78 Å². The molecule has 1 aromatic carbocycles. The monoisotopic (exact) mass is 290 g/mol. The second-order valence-corrected chi connectivity index (χ2v) is 6.15. The van der Waals surface area contributed by atoms with E-state index in [-0.39, 0.29) is 5.78 Å². The Morgan fingerprint density at radius 3 is 2.55 bits per heavy atom. The second kappa shape index (κ2) is 4.80. The quantitative estimate of drug-likeness (QED) is 0.723. The Balaban J connectivity index is 1.92. The highest BCUT2D eigenvalue weighted by Crippen LogP contribution is 2.32. The molecule has 0 saturated carbocycles. The van der Waals surface area contributed by atoms with Crippen LogP contribution in [0.5, 0.6) is 0 Å². The van der Waals surface area contributed by atoms with Gasteiger partial charge in [0.1, 0.15) is 0 Å². The SMILES string of the molecule is Cc1cc(-c2ccc3[nH]c4c(c3c2)CCCC4=O)cc(C)n1. The minimum Gasteiger partial charge on any atom is -0.352 e. The molecule has 1 N–H and O–H groups in total. The van der Waals surface area contributed by atoms with Crippen molar-refractivity contribution in [2.45, 2.75) is 33.1 Å². The number of benzene rings is 1. The average molecular weight is 290 g/mol. The first-order valence-electron chi connectivity index (χ1n) is 7.75. The van der Waals surface area contributed by atoms with E-state index in [1.165, 1.54) is 22.1 Å². The van der Waals surface area contributed by atoms with Gasteiger partial charge < -0.3 is 4.98 Å². The summed E-state index contributed by atoms with van der Waals surface area (Å²) in [4.78, 5) is 19.8. The molecule has 22 heavy (non-hydrogen) atoms. The molecule has 0 spiro atoms. The molecular weight excluding hydrogens is 272 g/mol. The van der Waals surface area contributed by atoms with Gasteiger partial charge in [0.05, 0.1) is 5.69 Å². The molecule has 2 aromatic heterocycles. The van der Waals surface area contributed by atoms with Gasteiger partial charge in [-0.25, -0.2) is 0 Å². The number of nitrogens with one attached hydrogen (secondary N) is 1. The van der Waals surface area contributed by atoms with Gasteiger partial charge in [-0.2, -0.15) is 0 Å². The Labute approximate surface area is 129 Å². The van der Waals surface area contributed by atoms with E-state index in [9.17, 15) is 4.79 Å². The smallest absolute Gasteiger partial charge is 0.179 e. The molecule has 110 valence electrons. The maximum absolute atomic E-state index is 12.1. The van der Waals surface area contributed by atoms with Crippen LogP contribution in [0.25, 0.3) is 22.0 Å². The minimum atomic E-state index is 0.245. The number of carbonyl (C=O) groups is 1. The largest absolute Gasteiger partial charge is 0.352 e. The van der Waals surface area contributed by atoms with Crippen molar-refractivity contribution in [3.63, 3.8) is 0 Å². The molecule has 2 heterocycles. The van der Waals surface area contributed by atoms with Crippen molar-refractivity contribution in [2.24, 2.45) is 0 Å². The van der Waals surface area contributed by atoms with Gasteiger partial charge in [0, 0.05) is 28.7 Å². The summed E-state index contributed by atoms with van der Waals surface area (Å²) >= 11 is 0. The Kier molecular flexibility index (Phi) is 2.89. The number of aromatic amines is 1. The van der Waals surface area contributed by atoms with Gasteiger partial charge in [-0.15, -0.1) is 0 Å². The first kappa shape index (κ1) is 13.3. The molecule has 1 aliphatic rings. The number of rotatable bonds is 1. The van der Waals surface area contributed by atoms with E-state index in [4.69, 9.17) is 0 Å². The fraction of sp³-hybridized carbons (Fsp3) is 0.263. The van der Waals surface area contributed by atoms with E-state index in [1.54, 1.807) is 0 Å². The second-order valence-electron chi connectivity index (χ2n) is 6.15. The molecule has 0 amide bonds. The van der Waals surface area contributed by atoms with Crippen molar-refractivity contribution in [2.75, 3.05) is 0 Å². The molecule has 3 nitrogen and oxygen atoms in total. The number of ketones is 1. The van der Waals surface area contributed by atoms with E-state index in [1.807, 2.05) is 13.8 Å². The number of carbonyl (C=O) groups excluding carboxylic acids is 1. The van der Waals surface area contributed by atoms with Crippen molar-refractivity contribution in [1.29, 1.82) is 0 Å². The molecular formula is C19H18N2O. The van der Waals surface area contributed by atoms with Crippen LogP contribution in [0.4, 0.5) is 0 Å². The van der Waals surface area contributed by atoms with Gasteiger partial charge >= 0.3 is 0 Å². The Bertz CT molecular complexity index is 885. The highest BCUT2D eigenvalue weighted by molar-refractivity contribution is 6.04. The lowest BCUT2D eigenvalue weighted by atomic mass is 9.93. The van der Waals surface area contributed by atoms with Crippen molar-refractivity contribution in [3.05, 3.63) is 53.0 Å². The van der Waals surface area contributed by atoms with Crippen LogP contribution in [0, 0.1) is 13.8 Å². The average Bonchev–Trinajstić information content (AvgIpc) is 2.86. The lowest BCUT2D eigenvalue weighted by Crippen LogP contribution is -2.09. The van der Waals surface area contributed by atoms with Gasteiger partial charge in [-0.05, 0) is 67.6 Å². The van der Waals surface area contributed by atoms with Gasteiger partial charge in [0.2, 0.25) is 0 Å². The number of hydrogen-bond acceptors (Lipinski definition) is 2.